The third kappa shape index (κ3) is 6.13. The van der Waals surface area contributed by atoms with Crippen LogP contribution in [0.25, 0.3) is 0 Å². The molecule has 7 heavy (non-hydrogen) atoms. The molecule has 0 aliphatic rings. The highest BCUT2D eigenvalue weighted by Crippen LogP contribution is 1.95. The molecule has 0 heterocycles. The zero-order valence-electron chi connectivity index (χ0n) is 3.03. The molecule has 0 aliphatic carbocycles. The van der Waals surface area contributed by atoms with E-state index in [0.29, 0.717) is 0 Å². The van der Waals surface area contributed by atoms with E-state index in [9.17, 15) is 13.7 Å². The molecule has 2 unspecified atom stereocenters. The van der Waals surface area contributed by atoms with Gasteiger partial charge in [0.15, 0.2) is 0 Å². The van der Waals surface area contributed by atoms with Crippen LogP contribution in [0.4, 0.5) is 0 Å². The largest absolute Gasteiger partial charge is 0.577 e. The summed E-state index contributed by atoms with van der Waals surface area (Å²) in [6.45, 7) is 0. The van der Waals surface area contributed by atoms with Gasteiger partial charge in [-0.3, -0.25) is 4.55 Å². The summed E-state index contributed by atoms with van der Waals surface area (Å²) in [4.78, 5) is 9.38. The Morgan fingerprint density at radius 3 is 2.29 bits per heavy atom. The third-order valence-corrected chi connectivity index (χ3v) is 1.37. The summed E-state index contributed by atoms with van der Waals surface area (Å²) >= 11 is -2.44. The predicted molar refractivity (Wildman–Crippen MR) is 21.5 cm³/mol. The molecule has 0 aromatic rings. The van der Waals surface area contributed by atoms with E-state index in [0.717, 1.165) is 0 Å². The van der Waals surface area contributed by atoms with Gasteiger partial charge in [0.2, 0.25) is 0 Å². The lowest BCUT2D eigenvalue weighted by Gasteiger charge is -1.80. The van der Waals surface area contributed by atoms with Gasteiger partial charge in [-0.25, -0.2) is 4.21 Å². The van der Waals surface area contributed by atoms with Crippen LogP contribution in [0.3, 0.4) is 0 Å². The zero-order valence-corrected chi connectivity index (χ0v) is 4.74. The van der Waals surface area contributed by atoms with Crippen LogP contribution >= 0.6 is 8.18 Å². The van der Waals surface area contributed by atoms with Gasteiger partial charge in [0.05, 0.1) is 0 Å². The van der Waals surface area contributed by atoms with Crippen molar-refractivity contribution in [1.29, 1.82) is 0 Å². The Balaban J connectivity index is 3.32. The molecule has 0 rings (SSSR count). The van der Waals surface area contributed by atoms with E-state index in [1.807, 2.05) is 0 Å². The molecule has 0 aliphatic heterocycles. The Bertz CT molecular complexity index is 87.9. The Morgan fingerprint density at radius 2 is 2.29 bits per heavy atom. The number of nitrogens with one attached hydrogen (secondary N) is 1. The standard InChI is InChI=1S/H2NO4PS/c2-6(3)1-7(4)5/h(H,4,5)(H,1,2,3). The summed E-state index contributed by atoms with van der Waals surface area (Å²) in [5, 5.41) is 0. The lowest BCUT2D eigenvalue weighted by Crippen LogP contribution is -2.11. The van der Waals surface area contributed by atoms with Gasteiger partial charge in [-0.05, 0) is 4.49 Å². The molecule has 7 heteroatoms. The molecule has 0 spiro atoms. The molecule has 42 valence electrons. The minimum Gasteiger partial charge on any atom is -0.577 e. The van der Waals surface area contributed by atoms with Crippen LogP contribution in [-0.4, -0.2) is 8.76 Å². The van der Waals surface area contributed by atoms with Crippen molar-refractivity contribution in [2.75, 3.05) is 0 Å². The van der Waals surface area contributed by atoms with E-state index in [-0.39, 0.29) is 0 Å². The Kier molecular flexibility index (Phi) is 3.23. The van der Waals surface area contributed by atoms with Gasteiger partial charge in [-0.1, -0.05) is 4.57 Å². The van der Waals surface area contributed by atoms with E-state index in [2.05, 4.69) is 0 Å². The molecule has 0 fully saturated rings. The second kappa shape index (κ2) is 3.17. The summed E-state index contributed by atoms with van der Waals surface area (Å²) in [5.74, 6) is 0. The highest BCUT2D eigenvalue weighted by molar-refractivity contribution is 7.82. The molecule has 0 amide bonds. The summed E-state index contributed by atoms with van der Waals surface area (Å²) in [7, 11) is -2.94. The van der Waals surface area contributed by atoms with Crippen LogP contribution in [-0.2, 0) is 15.8 Å². The van der Waals surface area contributed by atoms with Crippen LogP contribution in [0.2, 0.25) is 0 Å². The van der Waals surface area contributed by atoms with Crippen molar-refractivity contribution in [2.24, 2.45) is 0 Å². The molecule has 2 N–H and O–H groups in total. The van der Waals surface area contributed by atoms with Crippen LogP contribution in [0, 0.1) is 0 Å². The minimum atomic E-state index is -2.94. The third-order valence-electron chi connectivity index (χ3n) is 0.153. The van der Waals surface area contributed by atoms with Crippen molar-refractivity contribution in [2.45, 2.75) is 0 Å². The van der Waals surface area contributed by atoms with Crippen LogP contribution in [0.5, 0.6) is 0 Å². The quantitative estimate of drug-likeness (QED) is 0.372. The van der Waals surface area contributed by atoms with Crippen molar-refractivity contribution in [3.63, 3.8) is 0 Å². The van der Waals surface area contributed by atoms with E-state index >= 15 is 0 Å². The van der Waals surface area contributed by atoms with E-state index < -0.39 is 19.4 Å². The van der Waals surface area contributed by atoms with Gasteiger partial charge in [-0.15, -0.1) is 0 Å². The van der Waals surface area contributed by atoms with Crippen LogP contribution < -0.4 is 9.39 Å². The van der Waals surface area contributed by atoms with Gasteiger partial charge < -0.3 is 4.89 Å². The van der Waals surface area contributed by atoms with Gasteiger partial charge in [-0.2, -0.15) is 0 Å². The first-order valence-corrected chi connectivity index (χ1v) is 3.43. The Labute approximate surface area is 43.1 Å². The average Bonchev–Trinajstić information content (AvgIpc) is 1.27. The fraction of sp³-hybridized carbons (Fsp3) is 0. The van der Waals surface area contributed by atoms with E-state index in [4.69, 9.17) is 4.55 Å². The number of hydrogen-bond acceptors (Lipinski definition) is 3. The van der Waals surface area contributed by atoms with Gasteiger partial charge in [0, 0.05) is 0 Å². The summed E-state index contributed by atoms with van der Waals surface area (Å²) < 4.78 is 27.8. The maximum atomic E-state index is 9.43. The fourth-order valence-electron chi connectivity index (χ4n) is 0.0638. The van der Waals surface area contributed by atoms with Gasteiger partial charge >= 0.3 is 8.18 Å². The topological polar surface area (TPSA) is 89.5 Å². The van der Waals surface area contributed by atoms with Gasteiger partial charge in [0.1, 0.15) is 0 Å². The van der Waals surface area contributed by atoms with E-state index in [1.165, 1.54) is 4.49 Å². The first-order valence-electron chi connectivity index (χ1n) is 1.14. The van der Waals surface area contributed by atoms with Crippen molar-refractivity contribution in [3.05, 3.63) is 0 Å². The lowest BCUT2D eigenvalue weighted by atomic mass is 13.9. The molecular weight excluding hydrogens is 141 g/mol. The Morgan fingerprint density at radius 1 is 1.86 bits per heavy atom. The second-order valence-corrected chi connectivity index (χ2v) is 2.34. The predicted octanol–water partition coefficient (Wildman–Crippen LogP) is -1.27. The molecule has 0 bridgehead atoms. The van der Waals surface area contributed by atoms with E-state index in [1.54, 1.807) is 0 Å². The van der Waals surface area contributed by atoms with Gasteiger partial charge in [0.25, 0.3) is 11.3 Å². The van der Waals surface area contributed by atoms with Crippen LogP contribution in [0.1, 0.15) is 0 Å². The first kappa shape index (κ1) is 7.13. The second-order valence-electron chi connectivity index (χ2n) is 0.598. The number of hydrogen-bond donors (Lipinski definition) is 2. The summed E-state index contributed by atoms with van der Waals surface area (Å²) in [5.41, 5.74) is 0. The molecular formula is H2NO4PS. The highest BCUT2D eigenvalue weighted by atomic mass is 32.2. The maximum Gasteiger partial charge on any atom is 0.423 e. The lowest BCUT2D eigenvalue weighted by molar-refractivity contribution is -0.165. The molecule has 0 radical (unpaired) electrons. The summed E-state index contributed by atoms with van der Waals surface area (Å²) in [6, 6.07) is 0. The minimum absolute atomic E-state index is 1.29. The Hall–Kier alpha value is 0.130. The van der Waals surface area contributed by atoms with Crippen molar-refractivity contribution >= 4 is 19.4 Å². The molecule has 0 aromatic carbocycles. The zero-order chi connectivity index (χ0) is 5.86. The normalized spacial score (nSPS) is 16.0. The van der Waals surface area contributed by atoms with Crippen molar-refractivity contribution < 1.29 is 18.2 Å². The first-order chi connectivity index (χ1) is 3.13. The number of rotatable bonds is 2. The molecule has 0 saturated heterocycles. The smallest absolute Gasteiger partial charge is 0.423 e. The maximum absolute atomic E-state index is 9.43. The molecule has 0 saturated carbocycles. The van der Waals surface area contributed by atoms with Crippen LogP contribution in [0.15, 0.2) is 0 Å². The monoisotopic (exact) mass is 143 g/mol. The van der Waals surface area contributed by atoms with Crippen molar-refractivity contribution in [1.82, 2.24) is 4.49 Å². The molecule has 5 nitrogen and oxygen atoms in total. The van der Waals surface area contributed by atoms with Crippen molar-refractivity contribution in [3.8, 4) is 0 Å². The summed E-state index contributed by atoms with van der Waals surface area (Å²) in [6.07, 6.45) is 0. The highest BCUT2D eigenvalue weighted by Gasteiger charge is 2.00. The SMILES string of the molecule is O=[P+]([O-])NS(=O)O. The molecule has 0 aromatic heterocycles. The molecule has 2 atom stereocenters. The average molecular weight is 143 g/mol. The fourth-order valence-corrected chi connectivity index (χ4v) is 0.574.